The van der Waals surface area contributed by atoms with Gasteiger partial charge in [-0.3, -0.25) is 4.79 Å². The topological polar surface area (TPSA) is 46.5 Å². The van der Waals surface area contributed by atoms with Crippen LogP contribution in [-0.2, 0) is 9.53 Å². The summed E-state index contributed by atoms with van der Waals surface area (Å²) < 4.78 is 4.97. The summed E-state index contributed by atoms with van der Waals surface area (Å²) in [4.78, 5) is 12.0. The van der Waals surface area contributed by atoms with Gasteiger partial charge in [0.1, 0.15) is 0 Å². The largest absolute Gasteiger partial charge is 0.469 e. The first-order valence-electron chi connectivity index (χ1n) is 6.89. The smallest absolute Gasteiger partial charge is 0.309 e. The highest BCUT2D eigenvalue weighted by molar-refractivity contribution is 5.74. The molecule has 0 radical (unpaired) electrons. The zero-order valence-electron chi connectivity index (χ0n) is 11.3. The second kappa shape index (κ2) is 3.60. The Bertz CT molecular complexity index is 416. The molecule has 0 unspecified atom stereocenters. The fraction of sp³-hybridized carbons (Fsp3) is 0.800. The van der Waals surface area contributed by atoms with Crippen LogP contribution in [0.4, 0.5) is 0 Å². The van der Waals surface area contributed by atoms with Crippen molar-refractivity contribution in [3.05, 3.63) is 12.2 Å². The fourth-order valence-corrected chi connectivity index (χ4v) is 5.28. The standard InChI is InChI=1S/C15H22O3/c1-7-6-15(17)9(3)11-5-10(7)13(15)8(2)12(11)14(16)18-4/h8-13,17H,1,5-6H2,2-4H3/t8-,9+,10+,11-,12-,13+,15-/m0/s1. The van der Waals surface area contributed by atoms with Gasteiger partial charge in [-0.25, -0.2) is 0 Å². The number of methoxy groups -OCH3 is 1. The van der Waals surface area contributed by atoms with Crippen LogP contribution in [0.1, 0.15) is 26.7 Å². The molecule has 0 heterocycles. The van der Waals surface area contributed by atoms with Gasteiger partial charge in [-0.2, -0.15) is 0 Å². The first-order chi connectivity index (χ1) is 8.41. The Kier molecular flexibility index (Phi) is 2.44. The number of hydrogen-bond acceptors (Lipinski definition) is 3. The third kappa shape index (κ3) is 1.21. The van der Waals surface area contributed by atoms with Gasteiger partial charge >= 0.3 is 5.97 Å². The molecule has 0 aromatic carbocycles. The molecule has 4 aliphatic carbocycles. The van der Waals surface area contributed by atoms with E-state index in [1.54, 1.807) is 0 Å². The van der Waals surface area contributed by atoms with Crippen molar-refractivity contribution in [1.29, 1.82) is 0 Å². The quantitative estimate of drug-likeness (QED) is 0.572. The van der Waals surface area contributed by atoms with Gasteiger partial charge in [-0.05, 0) is 42.4 Å². The number of carbonyl (C=O) groups excluding carboxylic acids is 1. The van der Waals surface area contributed by atoms with Crippen LogP contribution < -0.4 is 0 Å². The van der Waals surface area contributed by atoms with Gasteiger partial charge in [-0.15, -0.1) is 0 Å². The Balaban J connectivity index is 2.03. The molecule has 0 spiro atoms. The van der Waals surface area contributed by atoms with Gasteiger partial charge in [0.2, 0.25) is 0 Å². The third-order valence-electron chi connectivity index (χ3n) is 6.07. The van der Waals surface area contributed by atoms with E-state index in [1.807, 2.05) is 0 Å². The average molecular weight is 250 g/mol. The molecule has 3 nitrogen and oxygen atoms in total. The summed E-state index contributed by atoms with van der Waals surface area (Å²) in [6.07, 6.45) is 1.72. The van der Waals surface area contributed by atoms with Crippen molar-refractivity contribution in [3.63, 3.8) is 0 Å². The SMILES string of the molecule is C=C1C[C@@]2(O)[C@@H]3[C@@H](C)[C@H](C(=O)OC)[C@@H](C[C@H]13)[C@H]2C. The summed E-state index contributed by atoms with van der Waals surface area (Å²) >= 11 is 0. The minimum atomic E-state index is -0.630. The van der Waals surface area contributed by atoms with E-state index in [-0.39, 0.29) is 35.6 Å². The van der Waals surface area contributed by atoms with E-state index in [1.165, 1.54) is 12.7 Å². The molecule has 4 fully saturated rings. The lowest BCUT2D eigenvalue weighted by Crippen LogP contribution is -2.61. The molecule has 3 heteroatoms. The number of rotatable bonds is 1. The van der Waals surface area contributed by atoms with Gasteiger partial charge in [0, 0.05) is 0 Å². The van der Waals surface area contributed by atoms with Gasteiger partial charge in [0.05, 0.1) is 18.6 Å². The molecule has 4 saturated carbocycles. The van der Waals surface area contributed by atoms with E-state index in [4.69, 9.17) is 4.74 Å². The number of aliphatic hydroxyl groups is 1. The minimum absolute atomic E-state index is 0.0441. The maximum Gasteiger partial charge on any atom is 0.309 e. The highest BCUT2D eigenvalue weighted by atomic mass is 16.5. The molecule has 0 aromatic heterocycles. The fourth-order valence-electron chi connectivity index (χ4n) is 5.28. The highest BCUT2D eigenvalue weighted by Gasteiger charge is 2.67. The number of esters is 1. The van der Waals surface area contributed by atoms with Crippen molar-refractivity contribution < 1.29 is 14.6 Å². The Morgan fingerprint density at radius 3 is 2.78 bits per heavy atom. The van der Waals surface area contributed by atoms with Crippen molar-refractivity contribution in [2.24, 2.45) is 35.5 Å². The van der Waals surface area contributed by atoms with Crippen molar-refractivity contribution in [2.45, 2.75) is 32.3 Å². The zero-order valence-corrected chi connectivity index (χ0v) is 11.3. The van der Waals surface area contributed by atoms with E-state index >= 15 is 0 Å². The Labute approximate surface area is 108 Å². The van der Waals surface area contributed by atoms with Gasteiger partial charge < -0.3 is 9.84 Å². The van der Waals surface area contributed by atoms with Gasteiger partial charge in [0.15, 0.2) is 0 Å². The molecule has 4 bridgehead atoms. The normalized spacial score (nSPS) is 53.7. The maximum atomic E-state index is 12.0. The summed E-state index contributed by atoms with van der Waals surface area (Å²) in [5.41, 5.74) is 0.557. The number of fused-ring (bicyclic) bond motifs is 1. The van der Waals surface area contributed by atoms with E-state index < -0.39 is 5.60 Å². The molecule has 0 saturated heterocycles. The molecule has 0 aromatic rings. The maximum absolute atomic E-state index is 12.0. The molecule has 7 atom stereocenters. The Morgan fingerprint density at radius 2 is 2.17 bits per heavy atom. The number of hydrogen-bond donors (Lipinski definition) is 1. The van der Waals surface area contributed by atoms with Crippen LogP contribution in [0.5, 0.6) is 0 Å². The lowest BCUT2D eigenvalue weighted by atomic mass is 9.48. The molecule has 4 aliphatic rings. The lowest BCUT2D eigenvalue weighted by molar-refractivity contribution is -0.196. The van der Waals surface area contributed by atoms with Crippen LogP contribution in [-0.4, -0.2) is 23.8 Å². The second-order valence-corrected chi connectivity index (χ2v) is 6.55. The van der Waals surface area contributed by atoms with Crippen LogP contribution in [0, 0.1) is 35.5 Å². The average Bonchev–Trinajstić information content (AvgIpc) is 2.55. The van der Waals surface area contributed by atoms with Crippen LogP contribution in [0.25, 0.3) is 0 Å². The molecule has 4 rings (SSSR count). The van der Waals surface area contributed by atoms with Crippen molar-refractivity contribution in [2.75, 3.05) is 7.11 Å². The predicted octanol–water partition coefficient (Wildman–Crippen LogP) is 2.00. The summed E-state index contributed by atoms with van der Waals surface area (Å²) in [6, 6.07) is 0. The summed E-state index contributed by atoms with van der Waals surface area (Å²) in [6.45, 7) is 8.33. The molecule has 0 amide bonds. The van der Waals surface area contributed by atoms with Gasteiger partial charge in [0.25, 0.3) is 0 Å². The molecule has 100 valence electrons. The van der Waals surface area contributed by atoms with Crippen LogP contribution in [0.2, 0.25) is 0 Å². The predicted molar refractivity (Wildman–Crippen MR) is 67.6 cm³/mol. The van der Waals surface area contributed by atoms with E-state index in [2.05, 4.69) is 20.4 Å². The molecular weight excluding hydrogens is 228 g/mol. The van der Waals surface area contributed by atoms with Crippen molar-refractivity contribution >= 4 is 5.97 Å². The molecule has 1 N–H and O–H groups in total. The summed E-state index contributed by atoms with van der Waals surface area (Å²) in [7, 11) is 1.46. The molecule has 18 heavy (non-hydrogen) atoms. The second-order valence-electron chi connectivity index (χ2n) is 6.55. The minimum Gasteiger partial charge on any atom is -0.469 e. The molecule has 0 aliphatic heterocycles. The van der Waals surface area contributed by atoms with Crippen LogP contribution in [0.15, 0.2) is 12.2 Å². The van der Waals surface area contributed by atoms with E-state index in [0.29, 0.717) is 5.92 Å². The van der Waals surface area contributed by atoms with E-state index in [0.717, 1.165) is 12.8 Å². The number of carbonyl (C=O) groups is 1. The lowest BCUT2D eigenvalue weighted by Gasteiger charge is -2.57. The number of ether oxygens (including phenoxy) is 1. The Hall–Kier alpha value is -0.830. The first-order valence-corrected chi connectivity index (χ1v) is 6.89. The van der Waals surface area contributed by atoms with Gasteiger partial charge in [-0.1, -0.05) is 26.0 Å². The monoisotopic (exact) mass is 250 g/mol. The summed E-state index contributed by atoms with van der Waals surface area (Å²) in [5.74, 6) is 1.06. The van der Waals surface area contributed by atoms with Crippen molar-refractivity contribution in [3.8, 4) is 0 Å². The van der Waals surface area contributed by atoms with Crippen LogP contribution in [0.3, 0.4) is 0 Å². The highest BCUT2D eigenvalue weighted by Crippen LogP contribution is 2.66. The molecular formula is C15H22O3. The van der Waals surface area contributed by atoms with E-state index in [9.17, 15) is 9.90 Å². The Morgan fingerprint density at radius 1 is 1.50 bits per heavy atom. The third-order valence-corrected chi connectivity index (χ3v) is 6.07. The first kappa shape index (κ1) is 12.2. The van der Waals surface area contributed by atoms with Crippen molar-refractivity contribution in [1.82, 2.24) is 0 Å². The summed E-state index contributed by atoms with van der Waals surface area (Å²) in [5, 5.41) is 11.0. The zero-order chi connectivity index (χ0) is 13.2. The van der Waals surface area contributed by atoms with Crippen LogP contribution >= 0.6 is 0 Å².